The van der Waals surface area contributed by atoms with Gasteiger partial charge in [-0.15, -0.1) is 22.7 Å². The summed E-state index contributed by atoms with van der Waals surface area (Å²) in [4.78, 5) is 17.3. The summed E-state index contributed by atoms with van der Waals surface area (Å²) in [5.74, 6) is -0.113. The summed E-state index contributed by atoms with van der Waals surface area (Å²) in [7, 11) is 0. The van der Waals surface area contributed by atoms with Crippen LogP contribution in [0.5, 0.6) is 0 Å². The smallest absolute Gasteiger partial charge is 0.245 e. The fourth-order valence-electron chi connectivity index (χ4n) is 1.83. The number of fused-ring (bicyclic) bond motifs is 1. The number of carbonyl (C=O) groups excluding carboxylic acids is 1. The number of hydrogen-bond donors (Lipinski definition) is 1. The van der Waals surface area contributed by atoms with Gasteiger partial charge in [0.25, 0.3) is 0 Å². The molecule has 4 nitrogen and oxygen atoms in total. The molecule has 3 aromatic rings. The molecular formula is C15H13N3OS2. The summed E-state index contributed by atoms with van der Waals surface area (Å²) in [6, 6.07) is 11.8. The van der Waals surface area contributed by atoms with Crippen LogP contribution in [0.2, 0.25) is 0 Å². The quantitative estimate of drug-likeness (QED) is 0.592. The zero-order valence-corrected chi connectivity index (χ0v) is 13.0. The SMILES string of the molecule is C/C(=N/NC(=O)Cc1cccs1)c1nc2ccccc2s1. The molecule has 0 saturated heterocycles. The highest BCUT2D eigenvalue weighted by molar-refractivity contribution is 7.20. The molecule has 1 amide bonds. The van der Waals surface area contributed by atoms with Gasteiger partial charge in [-0.25, -0.2) is 10.4 Å². The molecule has 0 aliphatic heterocycles. The third-order valence-corrected chi connectivity index (χ3v) is 4.89. The highest BCUT2D eigenvalue weighted by Crippen LogP contribution is 2.21. The van der Waals surface area contributed by atoms with E-state index in [9.17, 15) is 4.79 Å². The average molecular weight is 315 g/mol. The third-order valence-electron chi connectivity index (χ3n) is 2.87. The Kier molecular flexibility index (Phi) is 4.08. The second kappa shape index (κ2) is 6.15. The van der Waals surface area contributed by atoms with Crippen LogP contribution in [0, 0.1) is 0 Å². The van der Waals surface area contributed by atoms with Crippen molar-refractivity contribution in [3.05, 3.63) is 51.7 Å². The normalized spacial score (nSPS) is 11.8. The summed E-state index contributed by atoms with van der Waals surface area (Å²) in [6.07, 6.45) is 0.355. The molecule has 1 aromatic carbocycles. The summed E-state index contributed by atoms with van der Waals surface area (Å²) >= 11 is 3.14. The number of carbonyl (C=O) groups is 1. The summed E-state index contributed by atoms with van der Waals surface area (Å²) in [6.45, 7) is 1.85. The Labute approximate surface area is 130 Å². The molecule has 0 fully saturated rings. The number of rotatable bonds is 4. The van der Waals surface area contributed by atoms with Crippen molar-refractivity contribution in [2.45, 2.75) is 13.3 Å². The number of thiophene rings is 1. The van der Waals surface area contributed by atoms with Crippen LogP contribution in [0.25, 0.3) is 10.2 Å². The van der Waals surface area contributed by atoms with E-state index in [4.69, 9.17) is 0 Å². The predicted molar refractivity (Wildman–Crippen MR) is 88.0 cm³/mol. The van der Waals surface area contributed by atoms with E-state index in [0.29, 0.717) is 6.42 Å². The molecule has 2 heterocycles. The molecule has 2 aromatic heterocycles. The second-order valence-corrected chi connectivity index (χ2v) is 6.54. The van der Waals surface area contributed by atoms with Crippen molar-refractivity contribution < 1.29 is 4.79 Å². The summed E-state index contributed by atoms with van der Waals surface area (Å²) in [5.41, 5.74) is 4.26. The van der Waals surface area contributed by atoms with Gasteiger partial charge in [-0.05, 0) is 30.5 Å². The Hall–Kier alpha value is -2.05. The van der Waals surface area contributed by atoms with Gasteiger partial charge in [0.2, 0.25) is 5.91 Å². The van der Waals surface area contributed by atoms with E-state index in [-0.39, 0.29) is 5.91 Å². The molecule has 106 valence electrons. The highest BCUT2D eigenvalue weighted by Gasteiger charge is 2.07. The molecule has 0 unspecified atom stereocenters. The van der Waals surface area contributed by atoms with E-state index in [2.05, 4.69) is 15.5 Å². The van der Waals surface area contributed by atoms with E-state index in [1.807, 2.05) is 48.7 Å². The predicted octanol–water partition coefficient (Wildman–Crippen LogP) is 3.44. The topological polar surface area (TPSA) is 54.4 Å². The van der Waals surface area contributed by atoms with Crippen molar-refractivity contribution in [1.82, 2.24) is 10.4 Å². The van der Waals surface area contributed by atoms with Crippen molar-refractivity contribution in [3.8, 4) is 0 Å². The number of hydrogen-bond acceptors (Lipinski definition) is 5. The van der Waals surface area contributed by atoms with E-state index in [1.54, 1.807) is 22.7 Å². The van der Waals surface area contributed by atoms with Crippen LogP contribution >= 0.6 is 22.7 Å². The van der Waals surface area contributed by atoms with E-state index < -0.39 is 0 Å². The van der Waals surface area contributed by atoms with Gasteiger partial charge in [0.15, 0.2) is 0 Å². The van der Waals surface area contributed by atoms with Gasteiger partial charge in [-0.3, -0.25) is 4.79 Å². The van der Waals surface area contributed by atoms with Crippen molar-refractivity contribution in [1.29, 1.82) is 0 Å². The zero-order chi connectivity index (χ0) is 14.7. The summed E-state index contributed by atoms with van der Waals surface area (Å²) < 4.78 is 1.12. The van der Waals surface area contributed by atoms with Crippen LogP contribution in [0.1, 0.15) is 16.8 Å². The number of para-hydroxylation sites is 1. The maximum atomic E-state index is 11.8. The van der Waals surface area contributed by atoms with Crippen molar-refractivity contribution in [2.75, 3.05) is 0 Å². The lowest BCUT2D eigenvalue weighted by atomic mass is 10.3. The minimum absolute atomic E-state index is 0.113. The van der Waals surface area contributed by atoms with Crippen LogP contribution in [0.15, 0.2) is 46.9 Å². The van der Waals surface area contributed by atoms with Crippen LogP contribution < -0.4 is 5.43 Å². The molecule has 0 radical (unpaired) electrons. The molecule has 0 saturated carbocycles. The molecule has 0 bridgehead atoms. The van der Waals surface area contributed by atoms with Gasteiger partial charge >= 0.3 is 0 Å². The molecule has 0 atom stereocenters. The first-order valence-corrected chi connectivity index (χ1v) is 8.13. The van der Waals surface area contributed by atoms with Gasteiger partial charge in [0, 0.05) is 4.88 Å². The molecule has 3 rings (SSSR count). The van der Waals surface area contributed by atoms with E-state index in [0.717, 1.165) is 25.8 Å². The van der Waals surface area contributed by atoms with Crippen LogP contribution in [-0.4, -0.2) is 16.6 Å². The monoisotopic (exact) mass is 315 g/mol. The fourth-order valence-corrected chi connectivity index (χ4v) is 3.45. The summed E-state index contributed by atoms with van der Waals surface area (Å²) in [5, 5.41) is 6.92. The first kappa shape index (κ1) is 13.9. The van der Waals surface area contributed by atoms with E-state index in [1.165, 1.54) is 0 Å². The lowest BCUT2D eigenvalue weighted by molar-refractivity contribution is -0.120. The number of nitrogens with zero attached hydrogens (tertiary/aromatic N) is 2. The molecule has 6 heteroatoms. The Morgan fingerprint density at radius 2 is 2.14 bits per heavy atom. The average Bonchev–Trinajstić information content (AvgIpc) is 3.13. The lowest BCUT2D eigenvalue weighted by Gasteiger charge is -1.99. The Morgan fingerprint density at radius 3 is 2.90 bits per heavy atom. The number of thiazole rings is 1. The highest BCUT2D eigenvalue weighted by atomic mass is 32.1. The maximum Gasteiger partial charge on any atom is 0.245 e. The molecule has 1 N–H and O–H groups in total. The van der Waals surface area contributed by atoms with Crippen LogP contribution in [-0.2, 0) is 11.2 Å². The standard InChI is InChI=1S/C15H13N3OS2/c1-10(15-16-12-6-2-3-7-13(12)21-15)17-18-14(19)9-11-5-4-8-20-11/h2-8H,9H2,1H3,(H,18,19)/b17-10-. The van der Waals surface area contributed by atoms with Gasteiger partial charge in [-0.1, -0.05) is 18.2 Å². The Balaban J connectivity index is 1.69. The first-order valence-electron chi connectivity index (χ1n) is 6.44. The molecule has 0 aliphatic rings. The number of benzene rings is 1. The third kappa shape index (κ3) is 3.34. The number of aromatic nitrogens is 1. The number of nitrogens with one attached hydrogen (secondary N) is 1. The lowest BCUT2D eigenvalue weighted by Crippen LogP contribution is -2.20. The Bertz CT molecular complexity index is 757. The van der Waals surface area contributed by atoms with Crippen molar-refractivity contribution >= 4 is 44.5 Å². The number of hydrazone groups is 1. The molecular weight excluding hydrogens is 302 g/mol. The first-order chi connectivity index (χ1) is 10.2. The van der Waals surface area contributed by atoms with Gasteiger partial charge in [-0.2, -0.15) is 5.10 Å². The maximum absolute atomic E-state index is 11.8. The van der Waals surface area contributed by atoms with Gasteiger partial charge in [0.1, 0.15) is 5.01 Å². The van der Waals surface area contributed by atoms with Gasteiger partial charge < -0.3 is 0 Å². The fraction of sp³-hybridized carbons (Fsp3) is 0.133. The van der Waals surface area contributed by atoms with Crippen LogP contribution in [0.4, 0.5) is 0 Å². The van der Waals surface area contributed by atoms with Gasteiger partial charge in [0.05, 0.1) is 22.3 Å². The molecule has 21 heavy (non-hydrogen) atoms. The van der Waals surface area contributed by atoms with Crippen LogP contribution in [0.3, 0.4) is 0 Å². The van der Waals surface area contributed by atoms with Crippen molar-refractivity contribution in [3.63, 3.8) is 0 Å². The zero-order valence-electron chi connectivity index (χ0n) is 11.4. The minimum Gasteiger partial charge on any atom is -0.273 e. The second-order valence-electron chi connectivity index (χ2n) is 4.48. The number of amides is 1. The minimum atomic E-state index is -0.113. The largest absolute Gasteiger partial charge is 0.273 e. The Morgan fingerprint density at radius 1 is 1.29 bits per heavy atom. The molecule has 0 spiro atoms. The van der Waals surface area contributed by atoms with Crippen molar-refractivity contribution in [2.24, 2.45) is 5.10 Å². The van der Waals surface area contributed by atoms with E-state index >= 15 is 0 Å². The molecule has 0 aliphatic carbocycles.